The third-order valence-corrected chi connectivity index (χ3v) is 4.15. The van der Waals surface area contributed by atoms with Gasteiger partial charge in [-0.3, -0.25) is 0 Å². The standard InChI is InChI=1S/C15H19F2IO/c1-3-6-12(18)8-5-7-11-9-10-13(19-4-2)15(17)14(11)16/h4,9-10,12H,2-3,5-8H2,1H3. The second-order valence-corrected chi connectivity index (χ2v) is 6.18. The van der Waals surface area contributed by atoms with Crippen LogP contribution in [0, 0.1) is 11.6 Å². The van der Waals surface area contributed by atoms with E-state index in [2.05, 4.69) is 36.1 Å². The number of benzene rings is 1. The highest BCUT2D eigenvalue weighted by Crippen LogP contribution is 2.25. The van der Waals surface area contributed by atoms with Gasteiger partial charge in [-0.15, -0.1) is 0 Å². The Bertz CT molecular complexity index is 421. The molecule has 0 aromatic heterocycles. The molecule has 0 spiro atoms. The fourth-order valence-corrected chi connectivity index (χ4v) is 2.98. The molecule has 0 amide bonds. The van der Waals surface area contributed by atoms with Gasteiger partial charge in [-0.2, -0.15) is 4.39 Å². The van der Waals surface area contributed by atoms with Crippen LogP contribution in [0.2, 0.25) is 0 Å². The van der Waals surface area contributed by atoms with Crippen LogP contribution < -0.4 is 4.74 Å². The van der Waals surface area contributed by atoms with Crippen LogP contribution in [0.25, 0.3) is 0 Å². The predicted octanol–water partition coefficient (Wildman–Crippen LogP) is 5.41. The van der Waals surface area contributed by atoms with Crippen LogP contribution in [0.15, 0.2) is 25.0 Å². The topological polar surface area (TPSA) is 9.23 Å². The van der Waals surface area contributed by atoms with Crippen LogP contribution in [0.3, 0.4) is 0 Å². The predicted molar refractivity (Wildman–Crippen MR) is 82.8 cm³/mol. The zero-order chi connectivity index (χ0) is 14.3. The van der Waals surface area contributed by atoms with Gasteiger partial charge in [-0.05, 0) is 37.3 Å². The van der Waals surface area contributed by atoms with E-state index in [1.54, 1.807) is 6.07 Å². The second kappa shape index (κ2) is 8.51. The number of halogens is 3. The minimum absolute atomic E-state index is 0.117. The first-order valence-corrected chi connectivity index (χ1v) is 7.73. The van der Waals surface area contributed by atoms with E-state index in [0.29, 0.717) is 15.9 Å². The highest BCUT2D eigenvalue weighted by molar-refractivity contribution is 14.1. The van der Waals surface area contributed by atoms with Crippen molar-refractivity contribution in [3.05, 3.63) is 42.2 Å². The van der Waals surface area contributed by atoms with Crippen molar-refractivity contribution in [2.45, 2.75) is 43.0 Å². The summed E-state index contributed by atoms with van der Waals surface area (Å²) >= 11 is 2.42. The van der Waals surface area contributed by atoms with Gasteiger partial charge in [0.05, 0.1) is 6.26 Å². The summed E-state index contributed by atoms with van der Waals surface area (Å²) in [5.41, 5.74) is 0.411. The molecular formula is C15H19F2IO. The molecule has 0 fully saturated rings. The molecule has 0 saturated heterocycles. The van der Waals surface area contributed by atoms with Crippen LogP contribution in [-0.2, 0) is 6.42 Å². The molecule has 0 bridgehead atoms. The van der Waals surface area contributed by atoms with E-state index in [1.807, 2.05) is 0 Å². The molecule has 106 valence electrons. The molecule has 1 unspecified atom stereocenters. The van der Waals surface area contributed by atoms with Gasteiger partial charge in [-0.1, -0.05) is 48.6 Å². The van der Waals surface area contributed by atoms with Crippen LogP contribution in [0.1, 0.15) is 38.2 Å². The largest absolute Gasteiger partial charge is 0.462 e. The summed E-state index contributed by atoms with van der Waals surface area (Å²) in [7, 11) is 0. The summed E-state index contributed by atoms with van der Waals surface area (Å²) in [6, 6.07) is 3.03. The summed E-state index contributed by atoms with van der Waals surface area (Å²) in [5, 5.41) is 0. The van der Waals surface area contributed by atoms with Gasteiger partial charge in [0.15, 0.2) is 11.6 Å². The first-order chi connectivity index (χ1) is 9.10. The Balaban J connectivity index is 2.59. The van der Waals surface area contributed by atoms with Crippen molar-refractivity contribution < 1.29 is 13.5 Å². The molecule has 1 aromatic rings. The number of hydrogen-bond donors (Lipinski definition) is 0. The zero-order valence-electron chi connectivity index (χ0n) is 11.1. The molecule has 19 heavy (non-hydrogen) atoms. The maximum Gasteiger partial charge on any atom is 0.201 e. The lowest BCUT2D eigenvalue weighted by Gasteiger charge is -2.10. The molecule has 1 nitrogen and oxygen atoms in total. The second-order valence-electron chi connectivity index (χ2n) is 4.41. The minimum Gasteiger partial charge on any atom is -0.462 e. The van der Waals surface area contributed by atoms with E-state index in [1.165, 1.54) is 12.5 Å². The molecule has 1 aromatic carbocycles. The van der Waals surface area contributed by atoms with Crippen molar-refractivity contribution in [2.75, 3.05) is 0 Å². The summed E-state index contributed by atoms with van der Waals surface area (Å²) in [4.78, 5) is 0. The van der Waals surface area contributed by atoms with Gasteiger partial charge < -0.3 is 4.74 Å². The van der Waals surface area contributed by atoms with Gasteiger partial charge in [0, 0.05) is 3.92 Å². The molecule has 0 saturated carbocycles. The van der Waals surface area contributed by atoms with Gasteiger partial charge in [0.2, 0.25) is 5.82 Å². The lowest BCUT2D eigenvalue weighted by Crippen LogP contribution is -2.01. The van der Waals surface area contributed by atoms with Crippen molar-refractivity contribution in [2.24, 2.45) is 0 Å². The van der Waals surface area contributed by atoms with Crippen molar-refractivity contribution in [1.29, 1.82) is 0 Å². The van der Waals surface area contributed by atoms with Crippen molar-refractivity contribution in [3.8, 4) is 5.75 Å². The molecule has 0 radical (unpaired) electrons. The van der Waals surface area contributed by atoms with E-state index in [4.69, 9.17) is 4.74 Å². The summed E-state index contributed by atoms with van der Waals surface area (Å²) in [6.45, 7) is 5.48. The molecule has 0 aliphatic rings. The lowest BCUT2D eigenvalue weighted by molar-refractivity contribution is 0.412. The molecule has 0 aliphatic carbocycles. The van der Waals surface area contributed by atoms with Crippen molar-refractivity contribution in [1.82, 2.24) is 0 Å². The SMILES string of the molecule is C=COc1ccc(CCCC(I)CCC)c(F)c1F. The molecule has 0 aliphatic heterocycles. The van der Waals surface area contributed by atoms with Crippen LogP contribution >= 0.6 is 22.6 Å². The number of hydrogen-bond acceptors (Lipinski definition) is 1. The van der Waals surface area contributed by atoms with E-state index in [9.17, 15) is 8.78 Å². The fourth-order valence-electron chi connectivity index (χ4n) is 1.92. The Labute approximate surface area is 127 Å². The van der Waals surface area contributed by atoms with Crippen molar-refractivity contribution >= 4 is 22.6 Å². The van der Waals surface area contributed by atoms with E-state index in [-0.39, 0.29) is 5.75 Å². The monoisotopic (exact) mass is 380 g/mol. The Morgan fingerprint density at radius 1 is 1.32 bits per heavy atom. The average molecular weight is 380 g/mol. The quantitative estimate of drug-likeness (QED) is 0.333. The smallest absolute Gasteiger partial charge is 0.201 e. The van der Waals surface area contributed by atoms with E-state index < -0.39 is 11.6 Å². The van der Waals surface area contributed by atoms with Crippen molar-refractivity contribution in [3.63, 3.8) is 0 Å². The van der Waals surface area contributed by atoms with Gasteiger partial charge >= 0.3 is 0 Å². The maximum absolute atomic E-state index is 13.8. The first kappa shape index (κ1) is 16.4. The molecule has 4 heteroatoms. The number of aryl methyl sites for hydroxylation is 1. The zero-order valence-corrected chi connectivity index (χ0v) is 13.3. The lowest BCUT2D eigenvalue weighted by atomic mass is 10.0. The highest BCUT2D eigenvalue weighted by atomic mass is 127. The Morgan fingerprint density at radius 2 is 2.05 bits per heavy atom. The van der Waals surface area contributed by atoms with Gasteiger partial charge in [0.1, 0.15) is 0 Å². The Hall–Kier alpha value is -0.650. The van der Waals surface area contributed by atoms with Gasteiger partial charge in [0.25, 0.3) is 0 Å². The molecule has 1 rings (SSSR count). The number of rotatable bonds is 8. The van der Waals surface area contributed by atoms with Gasteiger partial charge in [-0.25, -0.2) is 4.39 Å². The average Bonchev–Trinajstić information content (AvgIpc) is 2.38. The number of alkyl halides is 1. The minimum atomic E-state index is -0.933. The number of ether oxygens (including phenoxy) is 1. The molecular weight excluding hydrogens is 361 g/mol. The third-order valence-electron chi connectivity index (χ3n) is 2.90. The maximum atomic E-state index is 13.8. The fraction of sp³-hybridized carbons (Fsp3) is 0.467. The summed E-state index contributed by atoms with van der Waals surface area (Å²) in [6.07, 6.45) is 5.86. The normalized spacial score (nSPS) is 12.2. The molecule has 0 heterocycles. The Kier molecular flexibility index (Phi) is 7.34. The summed E-state index contributed by atoms with van der Waals surface area (Å²) in [5.74, 6) is -1.86. The molecule has 0 N–H and O–H groups in total. The van der Waals surface area contributed by atoms with E-state index >= 15 is 0 Å². The third kappa shape index (κ3) is 5.09. The van der Waals surface area contributed by atoms with Crippen LogP contribution in [0.5, 0.6) is 5.75 Å². The summed E-state index contributed by atoms with van der Waals surface area (Å²) < 4.78 is 32.8. The van der Waals surface area contributed by atoms with Crippen LogP contribution in [-0.4, -0.2) is 3.92 Å². The Morgan fingerprint density at radius 3 is 2.68 bits per heavy atom. The van der Waals surface area contributed by atoms with Crippen LogP contribution in [0.4, 0.5) is 8.78 Å². The highest BCUT2D eigenvalue weighted by Gasteiger charge is 2.14. The van der Waals surface area contributed by atoms with E-state index in [0.717, 1.165) is 25.5 Å². The first-order valence-electron chi connectivity index (χ1n) is 6.48. The molecule has 1 atom stereocenters.